The van der Waals surface area contributed by atoms with Crippen molar-refractivity contribution in [2.45, 2.75) is 44.5 Å². The average Bonchev–Trinajstić information content (AvgIpc) is 3.34. The molecule has 5 nitrogen and oxygen atoms in total. The number of carboxylic acids is 1. The molecule has 0 heterocycles. The molecule has 35 heavy (non-hydrogen) atoms. The molecule has 184 valence electrons. The molecule has 4 rings (SSSR count). The van der Waals surface area contributed by atoms with Gasteiger partial charge in [0, 0.05) is 10.4 Å². The summed E-state index contributed by atoms with van der Waals surface area (Å²) in [6, 6.07) is 11.8. The maximum absolute atomic E-state index is 13.2. The van der Waals surface area contributed by atoms with Crippen LogP contribution < -0.4 is 10.1 Å². The van der Waals surface area contributed by atoms with E-state index in [1.54, 1.807) is 30.3 Å². The Balaban J connectivity index is 1.64. The van der Waals surface area contributed by atoms with Crippen LogP contribution in [0.15, 0.2) is 54.6 Å². The summed E-state index contributed by atoms with van der Waals surface area (Å²) in [5.41, 5.74) is -0.182. The van der Waals surface area contributed by atoms with Gasteiger partial charge in [-0.3, -0.25) is 4.79 Å². The van der Waals surface area contributed by atoms with Gasteiger partial charge < -0.3 is 15.2 Å². The number of alkyl halides is 3. The number of carboxylic acid groups (broad SMARTS) is 1. The first-order chi connectivity index (χ1) is 16.6. The lowest BCUT2D eigenvalue weighted by molar-refractivity contribution is -0.140. The Hall–Kier alpha value is -3.26. The number of carbonyl (C=O) groups is 2. The van der Waals surface area contributed by atoms with Crippen LogP contribution in [0.25, 0.3) is 10.8 Å². The van der Waals surface area contributed by atoms with E-state index in [4.69, 9.17) is 16.3 Å². The van der Waals surface area contributed by atoms with Gasteiger partial charge in [-0.05, 0) is 60.0 Å². The fourth-order valence-electron chi connectivity index (χ4n) is 4.44. The molecule has 0 bridgehead atoms. The smallest absolute Gasteiger partial charge is 0.416 e. The Morgan fingerprint density at radius 3 is 2.34 bits per heavy atom. The fourth-order valence-corrected chi connectivity index (χ4v) is 4.61. The predicted octanol–water partition coefficient (Wildman–Crippen LogP) is 6.46. The summed E-state index contributed by atoms with van der Waals surface area (Å²) < 4.78 is 44.6. The number of amides is 1. The van der Waals surface area contributed by atoms with Crippen molar-refractivity contribution >= 4 is 34.2 Å². The van der Waals surface area contributed by atoms with E-state index in [1.807, 2.05) is 0 Å². The third-order valence-electron chi connectivity index (χ3n) is 6.27. The van der Waals surface area contributed by atoms with Gasteiger partial charge in [-0.1, -0.05) is 48.7 Å². The molecule has 2 N–H and O–H groups in total. The number of fused-ring (bicyclic) bond motifs is 1. The summed E-state index contributed by atoms with van der Waals surface area (Å²) in [7, 11) is 0. The molecule has 1 aliphatic carbocycles. The van der Waals surface area contributed by atoms with Crippen molar-refractivity contribution < 1.29 is 32.6 Å². The molecular formula is C26H23ClF3NO4. The van der Waals surface area contributed by atoms with Gasteiger partial charge in [0.05, 0.1) is 11.1 Å². The van der Waals surface area contributed by atoms with E-state index in [-0.39, 0.29) is 23.8 Å². The van der Waals surface area contributed by atoms with Gasteiger partial charge in [0.2, 0.25) is 0 Å². The lowest BCUT2D eigenvalue weighted by atomic mass is 9.97. The molecule has 1 atom stereocenters. The maximum atomic E-state index is 13.2. The van der Waals surface area contributed by atoms with E-state index in [0.29, 0.717) is 16.0 Å². The second-order valence-corrected chi connectivity index (χ2v) is 9.06. The minimum atomic E-state index is -4.45. The fraction of sp³-hybridized carbons (Fsp3) is 0.308. The first-order valence-corrected chi connectivity index (χ1v) is 11.6. The largest absolute Gasteiger partial charge is 0.487 e. The summed E-state index contributed by atoms with van der Waals surface area (Å²) >= 11 is 6.17. The first kappa shape index (κ1) is 24.9. The normalized spacial score (nSPS) is 15.2. The van der Waals surface area contributed by atoms with Gasteiger partial charge in [-0.25, -0.2) is 4.79 Å². The standard InChI is InChI=1S/C26H23ClF3NO4/c27-19-11-7-16-8-12-20(24(32)31-22(25(33)34)17-3-1-2-4-17)23(21(16)13-19)35-14-15-5-9-18(10-6-15)26(28,29)30/h5-13,17,22H,1-4,14H2,(H,31,32)(H,33,34). The predicted molar refractivity (Wildman–Crippen MR) is 126 cm³/mol. The van der Waals surface area contributed by atoms with E-state index in [2.05, 4.69) is 5.32 Å². The number of rotatable bonds is 7. The Morgan fingerprint density at radius 1 is 1.06 bits per heavy atom. The van der Waals surface area contributed by atoms with Crippen LogP contribution in [0.1, 0.15) is 47.2 Å². The third kappa shape index (κ3) is 5.70. The van der Waals surface area contributed by atoms with Crippen molar-refractivity contribution in [1.29, 1.82) is 0 Å². The van der Waals surface area contributed by atoms with Gasteiger partial charge >= 0.3 is 12.1 Å². The maximum Gasteiger partial charge on any atom is 0.416 e. The topological polar surface area (TPSA) is 75.6 Å². The zero-order chi connectivity index (χ0) is 25.2. The molecule has 1 aliphatic rings. The number of aliphatic carboxylic acids is 1. The Kier molecular flexibility index (Phi) is 7.21. The highest BCUT2D eigenvalue weighted by molar-refractivity contribution is 6.31. The van der Waals surface area contributed by atoms with Crippen LogP contribution in [0, 0.1) is 5.92 Å². The number of halogens is 4. The number of nitrogens with one attached hydrogen (secondary N) is 1. The van der Waals surface area contributed by atoms with Crippen molar-refractivity contribution in [2.24, 2.45) is 5.92 Å². The summed E-state index contributed by atoms with van der Waals surface area (Å²) in [5, 5.41) is 14.0. The van der Waals surface area contributed by atoms with Gasteiger partial charge in [0.15, 0.2) is 0 Å². The highest BCUT2D eigenvalue weighted by atomic mass is 35.5. The van der Waals surface area contributed by atoms with Crippen LogP contribution in [-0.2, 0) is 17.6 Å². The molecule has 0 radical (unpaired) electrons. The molecule has 3 aromatic carbocycles. The molecule has 0 aliphatic heterocycles. The van der Waals surface area contributed by atoms with E-state index in [1.165, 1.54) is 12.1 Å². The van der Waals surface area contributed by atoms with Crippen LogP contribution in [0.3, 0.4) is 0 Å². The molecule has 1 fully saturated rings. The minimum absolute atomic E-state index is 0.102. The summed E-state index contributed by atoms with van der Waals surface area (Å²) in [5.74, 6) is -1.67. The second-order valence-electron chi connectivity index (χ2n) is 8.62. The third-order valence-corrected chi connectivity index (χ3v) is 6.50. The van der Waals surface area contributed by atoms with E-state index in [9.17, 15) is 27.9 Å². The molecule has 0 aromatic heterocycles. The molecule has 1 saturated carbocycles. The average molecular weight is 506 g/mol. The van der Waals surface area contributed by atoms with Crippen LogP contribution >= 0.6 is 11.6 Å². The Labute approximate surface area is 204 Å². The van der Waals surface area contributed by atoms with Crippen LogP contribution in [0.5, 0.6) is 5.75 Å². The van der Waals surface area contributed by atoms with Gasteiger partial charge in [-0.15, -0.1) is 0 Å². The van der Waals surface area contributed by atoms with Gasteiger partial charge in [-0.2, -0.15) is 13.2 Å². The van der Waals surface area contributed by atoms with Crippen molar-refractivity contribution in [3.63, 3.8) is 0 Å². The lowest BCUT2D eigenvalue weighted by Gasteiger charge is -2.22. The van der Waals surface area contributed by atoms with Gasteiger partial charge in [0.1, 0.15) is 18.4 Å². The molecule has 0 spiro atoms. The van der Waals surface area contributed by atoms with E-state index in [0.717, 1.165) is 43.2 Å². The summed E-state index contributed by atoms with van der Waals surface area (Å²) in [6.07, 6.45) is -1.17. The minimum Gasteiger partial charge on any atom is -0.487 e. The SMILES string of the molecule is O=C(NC(C(=O)O)C1CCCC1)c1ccc2ccc(Cl)cc2c1OCc1ccc(C(F)(F)F)cc1. The van der Waals surface area contributed by atoms with Crippen molar-refractivity contribution in [3.8, 4) is 5.75 Å². The van der Waals surface area contributed by atoms with Crippen LogP contribution in [0.4, 0.5) is 13.2 Å². The van der Waals surface area contributed by atoms with Crippen LogP contribution in [-0.4, -0.2) is 23.0 Å². The lowest BCUT2D eigenvalue weighted by Crippen LogP contribution is -2.45. The van der Waals surface area contributed by atoms with Crippen molar-refractivity contribution in [3.05, 3.63) is 76.3 Å². The summed E-state index contributed by atoms with van der Waals surface area (Å²) in [6.45, 7) is -0.102. The molecule has 0 saturated heterocycles. The zero-order valence-corrected chi connectivity index (χ0v) is 19.3. The van der Waals surface area contributed by atoms with Gasteiger partial charge in [0.25, 0.3) is 5.91 Å². The highest BCUT2D eigenvalue weighted by Gasteiger charge is 2.33. The molecule has 1 unspecified atom stereocenters. The molecule has 9 heteroatoms. The summed E-state index contributed by atoms with van der Waals surface area (Å²) in [4.78, 5) is 25.1. The van der Waals surface area contributed by atoms with Crippen molar-refractivity contribution in [1.82, 2.24) is 5.32 Å². The molecule has 1 amide bonds. The van der Waals surface area contributed by atoms with Crippen LogP contribution in [0.2, 0.25) is 5.02 Å². The molecule has 3 aromatic rings. The molecular weight excluding hydrogens is 483 g/mol. The van der Waals surface area contributed by atoms with Crippen molar-refractivity contribution in [2.75, 3.05) is 0 Å². The number of benzene rings is 3. The second kappa shape index (κ2) is 10.2. The first-order valence-electron chi connectivity index (χ1n) is 11.2. The number of hydrogen-bond donors (Lipinski definition) is 2. The van der Waals surface area contributed by atoms with E-state index >= 15 is 0 Å². The number of ether oxygens (including phenoxy) is 1. The zero-order valence-electron chi connectivity index (χ0n) is 18.6. The van der Waals surface area contributed by atoms with E-state index < -0.39 is 29.7 Å². The number of carbonyl (C=O) groups excluding carboxylic acids is 1. The quantitative estimate of drug-likeness (QED) is 0.386. The Morgan fingerprint density at radius 2 is 1.71 bits per heavy atom. The monoisotopic (exact) mass is 505 g/mol. The number of hydrogen-bond acceptors (Lipinski definition) is 3. The Bertz CT molecular complexity index is 1240. The highest BCUT2D eigenvalue weighted by Crippen LogP contribution is 2.34.